The highest BCUT2D eigenvalue weighted by Gasteiger charge is 2.33. The fourth-order valence-electron chi connectivity index (χ4n) is 3.50. The van der Waals surface area contributed by atoms with E-state index >= 15 is 0 Å². The Hall–Kier alpha value is -3.14. The van der Waals surface area contributed by atoms with Crippen molar-refractivity contribution in [2.75, 3.05) is 23.7 Å². The summed E-state index contributed by atoms with van der Waals surface area (Å²) in [7, 11) is -3.91. The molecule has 0 aliphatic carbocycles. The number of nitro groups is 1. The predicted octanol–water partition coefficient (Wildman–Crippen LogP) is 3.94. The Morgan fingerprint density at radius 1 is 1.18 bits per heavy atom. The Morgan fingerprint density at radius 2 is 1.79 bits per heavy atom. The third-order valence-electron chi connectivity index (χ3n) is 5.36. The van der Waals surface area contributed by atoms with Crippen LogP contribution in [0.1, 0.15) is 45.2 Å². The number of amides is 1. The number of carbonyl (C=O) groups is 1. The van der Waals surface area contributed by atoms with Gasteiger partial charge in [-0.1, -0.05) is 45.9 Å². The number of nitrogens with one attached hydrogen (secondary N) is 1. The fraction of sp³-hybridized carbons (Fsp3) is 0.458. The van der Waals surface area contributed by atoms with Crippen LogP contribution in [0.15, 0.2) is 42.5 Å². The minimum atomic E-state index is -3.91. The second-order valence-electron chi connectivity index (χ2n) is 9.12. The van der Waals surface area contributed by atoms with Crippen molar-refractivity contribution in [2.24, 2.45) is 0 Å². The molecule has 0 radical (unpaired) electrons. The molecule has 0 unspecified atom stereocenters. The number of nitrogens with zero attached hydrogens (tertiary/aromatic N) is 2. The number of sulfonamides is 1. The molecule has 0 fully saturated rings. The van der Waals surface area contributed by atoms with Gasteiger partial charge in [0.2, 0.25) is 15.9 Å². The summed E-state index contributed by atoms with van der Waals surface area (Å²) in [5.74, 6) is 0.157. The first kappa shape index (κ1) is 27.1. The van der Waals surface area contributed by atoms with Gasteiger partial charge in [-0.25, -0.2) is 8.42 Å². The number of aryl methyl sites for hydroxylation is 1. The minimum absolute atomic E-state index is 0.0324. The van der Waals surface area contributed by atoms with Gasteiger partial charge in [-0.15, -0.1) is 0 Å². The van der Waals surface area contributed by atoms with E-state index in [2.05, 4.69) is 26.1 Å². The Morgan fingerprint density at radius 3 is 2.29 bits per heavy atom. The van der Waals surface area contributed by atoms with Crippen LogP contribution in [0.4, 0.5) is 11.4 Å². The zero-order valence-electron chi connectivity index (χ0n) is 20.5. The largest absolute Gasteiger partial charge is 0.492 e. The second-order valence-corrected chi connectivity index (χ2v) is 11.0. The van der Waals surface area contributed by atoms with Gasteiger partial charge < -0.3 is 10.1 Å². The van der Waals surface area contributed by atoms with Crippen molar-refractivity contribution in [3.63, 3.8) is 0 Å². The molecule has 10 heteroatoms. The summed E-state index contributed by atoms with van der Waals surface area (Å²) < 4.78 is 31.9. The number of rotatable bonds is 10. The van der Waals surface area contributed by atoms with Crippen LogP contribution in [-0.2, 0) is 20.2 Å². The SMILES string of the molecule is CC[C@@H](C(=O)NCCOc1ccc(C(C)(C)C)cc1)N(c1cc([N+](=O)[O-])ccc1C)S(C)(=O)=O. The molecule has 0 aliphatic rings. The number of hydrogen-bond acceptors (Lipinski definition) is 6. The number of hydrogen-bond donors (Lipinski definition) is 1. The van der Waals surface area contributed by atoms with Crippen molar-refractivity contribution in [2.45, 2.75) is 52.5 Å². The first-order valence-electron chi connectivity index (χ1n) is 11.0. The molecular weight excluding hydrogens is 458 g/mol. The maximum absolute atomic E-state index is 12.9. The summed E-state index contributed by atoms with van der Waals surface area (Å²) in [6, 6.07) is 10.6. The van der Waals surface area contributed by atoms with E-state index in [9.17, 15) is 23.3 Å². The van der Waals surface area contributed by atoms with Crippen LogP contribution >= 0.6 is 0 Å². The van der Waals surface area contributed by atoms with Crippen LogP contribution < -0.4 is 14.4 Å². The maximum atomic E-state index is 12.9. The molecule has 0 aliphatic heterocycles. The van der Waals surface area contributed by atoms with E-state index in [1.165, 1.54) is 23.8 Å². The van der Waals surface area contributed by atoms with Crippen LogP contribution in [0, 0.1) is 17.0 Å². The Balaban J connectivity index is 2.12. The molecule has 1 atom stereocenters. The molecule has 0 saturated carbocycles. The van der Waals surface area contributed by atoms with Crippen molar-refractivity contribution in [3.05, 3.63) is 63.7 Å². The Bertz CT molecular complexity index is 1120. The van der Waals surface area contributed by atoms with Gasteiger partial charge in [-0.3, -0.25) is 19.2 Å². The lowest BCUT2D eigenvalue weighted by Crippen LogP contribution is -2.50. The van der Waals surface area contributed by atoms with Crippen molar-refractivity contribution in [3.8, 4) is 5.75 Å². The first-order chi connectivity index (χ1) is 15.8. The standard InChI is InChI=1S/C24H33N3O6S/c1-7-21(26(34(6,31)32)22-16-19(27(29)30)11-8-17(22)2)23(28)25-14-15-33-20-12-9-18(10-13-20)24(3,4)5/h8-13,16,21H,7,14-15H2,1-6H3,(H,25,28)/t21-/m0/s1. The van der Waals surface area contributed by atoms with Gasteiger partial charge in [0.25, 0.3) is 5.69 Å². The van der Waals surface area contributed by atoms with Crippen molar-refractivity contribution < 1.29 is 22.9 Å². The quantitative estimate of drug-likeness (QED) is 0.305. The van der Waals surface area contributed by atoms with Gasteiger partial charge in [0.05, 0.1) is 23.4 Å². The van der Waals surface area contributed by atoms with Gasteiger partial charge in [0.1, 0.15) is 18.4 Å². The highest BCUT2D eigenvalue weighted by molar-refractivity contribution is 7.92. The van der Waals surface area contributed by atoms with E-state index in [4.69, 9.17) is 4.74 Å². The number of carbonyl (C=O) groups excluding carboxylic acids is 1. The van der Waals surface area contributed by atoms with E-state index in [0.717, 1.165) is 10.6 Å². The average Bonchev–Trinajstić information content (AvgIpc) is 2.74. The van der Waals surface area contributed by atoms with E-state index in [0.29, 0.717) is 11.3 Å². The van der Waals surface area contributed by atoms with Gasteiger partial charge in [0, 0.05) is 12.1 Å². The molecule has 1 amide bonds. The molecular formula is C24H33N3O6S. The number of non-ortho nitro benzene ring substituents is 1. The van der Waals surface area contributed by atoms with Gasteiger partial charge in [0.15, 0.2) is 0 Å². The van der Waals surface area contributed by atoms with E-state index in [1.54, 1.807) is 13.8 Å². The molecule has 0 spiro atoms. The van der Waals surface area contributed by atoms with Gasteiger partial charge in [-0.05, 0) is 42.0 Å². The topological polar surface area (TPSA) is 119 Å². The van der Waals surface area contributed by atoms with Crippen LogP contribution in [0.3, 0.4) is 0 Å². The number of ether oxygens (including phenoxy) is 1. The lowest BCUT2D eigenvalue weighted by Gasteiger charge is -2.31. The molecule has 2 rings (SSSR count). The maximum Gasteiger partial charge on any atom is 0.271 e. The molecule has 1 N–H and O–H groups in total. The number of anilines is 1. The second kappa shape index (κ2) is 10.9. The van der Waals surface area contributed by atoms with Crippen molar-refractivity contribution >= 4 is 27.3 Å². The summed E-state index contributed by atoms with van der Waals surface area (Å²) >= 11 is 0. The molecule has 9 nitrogen and oxygen atoms in total. The van der Waals surface area contributed by atoms with E-state index in [1.807, 2.05) is 24.3 Å². The summed E-state index contributed by atoms with van der Waals surface area (Å²) in [5, 5.41) is 13.9. The minimum Gasteiger partial charge on any atom is -0.492 e. The third-order valence-corrected chi connectivity index (χ3v) is 6.53. The van der Waals surface area contributed by atoms with Crippen LogP contribution in [0.2, 0.25) is 0 Å². The molecule has 186 valence electrons. The summed E-state index contributed by atoms with van der Waals surface area (Å²) in [4.78, 5) is 23.5. The fourth-order valence-corrected chi connectivity index (χ4v) is 4.76. The van der Waals surface area contributed by atoms with Crippen LogP contribution in [-0.4, -0.2) is 44.7 Å². The summed E-state index contributed by atoms with van der Waals surface area (Å²) in [6.45, 7) is 10.1. The molecule has 0 aromatic heterocycles. The first-order valence-corrected chi connectivity index (χ1v) is 12.9. The molecule has 2 aromatic carbocycles. The molecule has 34 heavy (non-hydrogen) atoms. The number of nitro benzene ring substituents is 1. The smallest absolute Gasteiger partial charge is 0.271 e. The highest BCUT2D eigenvalue weighted by Crippen LogP contribution is 2.30. The molecule has 0 bridgehead atoms. The van der Waals surface area contributed by atoms with Gasteiger partial charge >= 0.3 is 0 Å². The lowest BCUT2D eigenvalue weighted by atomic mass is 9.87. The normalized spacial score (nSPS) is 12.6. The Kier molecular flexibility index (Phi) is 8.66. The van der Waals surface area contributed by atoms with Crippen LogP contribution in [0.25, 0.3) is 0 Å². The van der Waals surface area contributed by atoms with Crippen molar-refractivity contribution in [1.29, 1.82) is 0 Å². The monoisotopic (exact) mass is 491 g/mol. The summed E-state index contributed by atoms with van der Waals surface area (Å²) in [5.41, 5.74) is 1.56. The van der Waals surface area contributed by atoms with E-state index < -0.39 is 26.9 Å². The number of benzene rings is 2. The van der Waals surface area contributed by atoms with E-state index in [-0.39, 0.29) is 36.4 Å². The molecule has 2 aromatic rings. The molecule has 0 saturated heterocycles. The molecule has 0 heterocycles. The summed E-state index contributed by atoms with van der Waals surface area (Å²) in [6.07, 6.45) is 1.15. The predicted molar refractivity (Wildman–Crippen MR) is 133 cm³/mol. The lowest BCUT2D eigenvalue weighted by molar-refractivity contribution is -0.384. The Labute approximate surface area is 201 Å². The zero-order valence-corrected chi connectivity index (χ0v) is 21.3. The van der Waals surface area contributed by atoms with Crippen LogP contribution in [0.5, 0.6) is 5.75 Å². The highest BCUT2D eigenvalue weighted by atomic mass is 32.2. The zero-order chi connectivity index (χ0) is 25.7. The van der Waals surface area contributed by atoms with Crippen molar-refractivity contribution in [1.82, 2.24) is 5.32 Å². The average molecular weight is 492 g/mol. The van der Waals surface area contributed by atoms with Gasteiger partial charge in [-0.2, -0.15) is 0 Å². The third kappa shape index (κ3) is 6.93.